The van der Waals surface area contributed by atoms with Crippen molar-refractivity contribution < 1.29 is 4.74 Å². The summed E-state index contributed by atoms with van der Waals surface area (Å²) in [5, 5.41) is 0. The average molecular weight is 403 g/mol. The normalized spacial score (nSPS) is 28.6. The van der Waals surface area contributed by atoms with E-state index < -0.39 is 0 Å². The van der Waals surface area contributed by atoms with Crippen molar-refractivity contribution in [2.24, 2.45) is 0 Å². The Hall–Kier alpha value is -0.330. The fourth-order valence-electron chi connectivity index (χ4n) is 3.64. The fourth-order valence-corrected chi connectivity index (χ4v) is 4.28. The summed E-state index contributed by atoms with van der Waals surface area (Å²) in [6.45, 7) is 0. The van der Waals surface area contributed by atoms with E-state index in [0.717, 1.165) is 24.2 Å². The minimum Gasteiger partial charge on any atom is -0.373 e. The second-order valence-corrected chi connectivity index (χ2v) is 7.27. The molecule has 2 fully saturated rings. The third-order valence-corrected chi connectivity index (χ3v) is 5.31. The van der Waals surface area contributed by atoms with Gasteiger partial charge in [0.1, 0.15) is 5.82 Å². The Bertz CT molecular complexity index is 657. The van der Waals surface area contributed by atoms with Crippen molar-refractivity contribution >= 4 is 45.2 Å². The average Bonchev–Trinajstić information content (AvgIpc) is 3.11. The number of halogens is 2. The second kappa shape index (κ2) is 5.14. The molecule has 0 aliphatic carbocycles. The standard InChI is InChI=1S/C15H16ClIN2O/c16-6-5-15-18-11-7-9(17)1-3-12(11)19(15)13-8-10-2-4-14(13)20-10/h1,3,7,10,13-14H,2,4-6,8H2. The molecule has 2 aliphatic heterocycles. The Labute approximate surface area is 136 Å². The zero-order chi connectivity index (χ0) is 13.7. The molecule has 2 bridgehead atoms. The van der Waals surface area contributed by atoms with E-state index in [0.29, 0.717) is 24.1 Å². The van der Waals surface area contributed by atoms with E-state index in [-0.39, 0.29) is 0 Å². The van der Waals surface area contributed by atoms with Crippen LogP contribution in [0.15, 0.2) is 18.2 Å². The molecule has 0 saturated carbocycles. The zero-order valence-electron chi connectivity index (χ0n) is 11.1. The maximum atomic E-state index is 6.03. The molecule has 106 valence electrons. The maximum Gasteiger partial charge on any atom is 0.111 e. The summed E-state index contributed by atoms with van der Waals surface area (Å²) in [4.78, 5) is 4.81. The summed E-state index contributed by atoms with van der Waals surface area (Å²) in [5.74, 6) is 1.72. The second-order valence-electron chi connectivity index (χ2n) is 5.65. The van der Waals surface area contributed by atoms with Crippen LogP contribution in [0.3, 0.4) is 0 Å². The Kier molecular flexibility index (Phi) is 3.43. The zero-order valence-corrected chi connectivity index (χ0v) is 14.0. The molecule has 2 aromatic rings. The van der Waals surface area contributed by atoms with Gasteiger partial charge in [0.2, 0.25) is 0 Å². The topological polar surface area (TPSA) is 27.1 Å². The smallest absolute Gasteiger partial charge is 0.111 e. The van der Waals surface area contributed by atoms with Crippen LogP contribution in [0.2, 0.25) is 0 Å². The van der Waals surface area contributed by atoms with E-state index in [9.17, 15) is 0 Å². The molecule has 1 aromatic heterocycles. The van der Waals surface area contributed by atoms with E-state index in [2.05, 4.69) is 45.4 Å². The highest BCUT2D eigenvalue weighted by Crippen LogP contribution is 2.43. The van der Waals surface area contributed by atoms with E-state index >= 15 is 0 Å². The van der Waals surface area contributed by atoms with Crippen LogP contribution in [-0.4, -0.2) is 27.6 Å². The molecule has 0 amide bonds. The molecule has 1 aromatic carbocycles. The highest BCUT2D eigenvalue weighted by molar-refractivity contribution is 14.1. The summed E-state index contributed by atoms with van der Waals surface area (Å²) in [5.41, 5.74) is 2.31. The molecular weight excluding hydrogens is 387 g/mol. The van der Waals surface area contributed by atoms with Crippen LogP contribution in [0, 0.1) is 3.57 Å². The molecule has 2 aliphatic rings. The van der Waals surface area contributed by atoms with Crippen molar-refractivity contribution in [1.29, 1.82) is 0 Å². The Balaban J connectivity index is 1.85. The summed E-state index contributed by atoms with van der Waals surface area (Å²) in [6, 6.07) is 6.93. The van der Waals surface area contributed by atoms with Crippen molar-refractivity contribution in [2.75, 3.05) is 5.88 Å². The molecule has 3 nitrogen and oxygen atoms in total. The van der Waals surface area contributed by atoms with Gasteiger partial charge in [-0.3, -0.25) is 0 Å². The number of ether oxygens (including phenoxy) is 1. The summed E-state index contributed by atoms with van der Waals surface area (Å²) < 4.78 is 9.66. The van der Waals surface area contributed by atoms with Gasteiger partial charge in [-0.05, 0) is 60.1 Å². The summed E-state index contributed by atoms with van der Waals surface area (Å²) in [7, 11) is 0. The van der Waals surface area contributed by atoms with Gasteiger partial charge < -0.3 is 9.30 Å². The van der Waals surface area contributed by atoms with Gasteiger partial charge in [-0.15, -0.1) is 11.6 Å². The number of alkyl halides is 1. The van der Waals surface area contributed by atoms with Gasteiger partial charge in [0, 0.05) is 15.9 Å². The van der Waals surface area contributed by atoms with Gasteiger partial charge in [-0.1, -0.05) is 0 Å². The summed E-state index contributed by atoms with van der Waals surface area (Å²) in [6.07, 6.45) is 5.16. The Morgan fingerprint density at radius 2 is 2.30 bits per heavy atom. The summed E-state index contributed by atoms with van der Waals surface area (Å²) >= 11 is 8.30. The van der Waals surface area contributed by atoms with Crippen molar-refractivity contribution in [2.45, 2.75) is 43.9 Å². The van der Waals surface area contributed by atoms with Crippen LogP contribution >= 0.6 is 34.2 Å². The quantitative estimate of drug-likeness (QED) is 0.575. The minimum atomic E-state index is 0.366. The highest BCUT2D eigenvalue weighted by Gasteiger charge is 2.42. The number of imidazole rings is 1. The lowest BCUT2D eigenvalue weighted by atomic mass is 9.95. The van der Waals surface area contributed by atoms with Gasteiger partial charge in [0.25, 0.3) is 0 Å². The number of rotatable bonds is 3. The fraction of sp³-hybridized carbons (Fsp3) is 0.533. The monoisotopic (exact) mass is 402 g/mol. The molecule has 3 unspecified atom stereocenters. The molecular formula is C15H16ClIN2O. The number of fused-ring (bicyclic) bond motifs is 3. The largest absolute Gasteiger partial charge is 0.373 e. The number of hydrogen-bond donors (Lipinski definition) is 0. The molecule has 5 heteroatoms. The first kappa shape index (κ1) is 13.3. The molecule has 4 rings (SSSR count). The van der Waals surface area contributed by atoms with Crippen molar-refractivity contribution in [3.8, 4) is 0 Å². The SMILES string of the molecule is ClCCc1nc2cc(I)ccc2n1C1CC2CCC1O2. The van der Waals surface area contributed by atoms with Crippen LogP contribution in [0.25, 0.3) is 11.0 Å². The molecule has 20 heavy (non-hydrogen) atoms. The van der Waals surface area contributed by atoms with Crippen LogP contribution in [0.5, 0.6) is 0 Å². The van der Waals surface area contributed by atoms with E-state index in [1.807, 2.05) is 0 Å². The Morgan fingerprint density at radius 1 is 1.40 bits per heavy atom. The van der Waals surface area contributed by atoms with Crippen LogP contribution in [0.1, 0.15) is 31.1 Å². The van der Waals surface area contributed by atoms with E-state index in [4.69, 9.17) is 21.3 Å². The highest BCUT2D eigenvalue weighted by atomic mass is 127. The van der Waals surface area contributed by atoms with Crippen LogP contribution in [-0.2, 0) is 11.2 Å². The molecule has 0 radical (unpaired) electrons. The predicted molar refractivity (Wildman–Crippen MR) is 88.4 cm³/mol. The first-order valence-corrected chi connectivity index (χ1v) is 8.75. The number of aromatic nitrogens is 2. The predicted octanol–water partition coefficient (Wildman–Crippen LogP) is 3.91. The third kappa shape index (κ3) is 2.07. The third-order valence-electron chi connectivity index (χ3n) is 4.45. The van der Waals surface area contributed by atoms with Crippen molar-refractivity contribution in [3.05, 3.63) is 27.6 Å². The molecule has 2 saturated heterocycles. The maximum absolute atomic E-state index is 6.03. The molecule has 3 heterocycles. The lowest BCUT2D eigenvalue weighted by Gasteiger charge is -2.23. The van der Waals surface area contributed by atoms with Crippen LogP contribution < -0.4 is 0 Å². The van der Waals surface area contributed by atoms with Gasteiger partial charge in [-0.2, -0.15) is 0 Å². The first-order chi connectivity index (χ1) is 9.76. The number of hydrogen-bond acceptors (Lipinski definition) is 2. The van der Waals surface area contributed by atoms with Crippen molar-refractivity contribution in [1.82, 2.24) is 9.55 Å². The van der Waals surface area contributed by atoms with E-state index in [1.54, 1.807) is 0 Å². The molecule has 0 spiro atoms. The molecule has 3 atom stereocenters. The number of benzene rings is 1. The van der Waals surface area contributed by atoms with Crippen molar-refractivity contribution in [3.63, 3.8) is 0 Å². The lowest BCUT2D eigenvalue weighted by Crippen LogP contribution is -2.22. The van der Waals surface area contributed by atoms with Gasteiger partial charge in [0.15, 0.2) is 0 Å². The molecule has 0 N–H and O–H groups in total. The number of nitrogens with zero attached hydrogens (tertiary/aromatic N) is 2. The van der Waals surface area contributed by atoms with Crippen LogP contribution in [0.4, 0.5) is 0 Å². The van der Waals surface area contributed by atoms with Gasteiger partial charge >= 0.3 is 0 Å². The van der Waals surface area contributed by atoms with Gasteiger partial charge in [-0.25, -0.2) is 4.98 Å². The number of aryl methyl sites for hydroxylation is 1. The first-order valence-electron chi connectivity index (χ1n) is 7.14. The van der Waals surface area contributed by atoms with E-state index in [1.165, 1.54) is 21.9 Å². The Morgan fingerprint density at radius 3 is 3.00 bits per heavy atom. The lowest BCUT2D eigenvalue weighted by molar-refractivity contribution is 0.0940. The minimum absolute atomic E-state index is 0.366. The van der Waals surface area contributed by atoms with Gasteiger partial charge in [0.05, 0.1) is 29.3 Å².